The molecule has 110 valence electrons. The summed E-state index contributed by atoms with van der Waals surface area (Å²) in [4.78, 5) is 20.1. The Bertz CT molecular complexity index is 619. The average molecular weight is 299 g/mol. The lowest BCUT2D eigenvalue weighted by atomic mass is 10.1. The number of nitrogens with two attached hydrogens (primary N) is 1. The minimum absolute atomic E-state index is 0.0324. The zero-order valence-electron chi connectivity index (χ0n) is 11.4. The van der Waals surface area contributed by atoms with Crippen molar-refractivity contribution in [2.75, 3.05) is 23.8 Å². The number of sulfone groups is 1. The maximum absolute atomic E-state index is 11.7. The standard InChI is InChI=1S/C12H17N3O4S/c1-3-19-12(16)9-7(2)14-11(15-10(9)13)8-4-5-20(17,18)6-8/h8H,3-6H2,1-2H3,(H2,13,14,15). The molecule has 7 nitrogen and oxygen atoms in total. The van der Waals surface area contributed by atoms with E-state index in [2.05, 4.69) is 9.97 Å². The number of aryl methyl sites for hydroxylation is 1. The monoisotopic (exact) mass is 299 g/mol. The molecule has 0 radical (unpaired) electrons. The van der Waals surface area contributed by atoms with Crippen molar-refractivity contribution in [3.05, 3.63) is 17.1 Å². The van der Waals surface area contributed by atoms with Crippen molar-refractivity contribution in [3.8, 4) is 0 Å². The Kier molecular flexibility index (Phi) is 3.94. The third-order valence-corrected chi connectivity index (χ3v) is 4.98. The van der Waals surface area contributed by atoms with Gasteiger partial charge in [0.2, 0.25) is 0 Å². The number of rotatable bonds is 3. The fourth-order valence-corrected chi connectivity index (χ4v) is 3.99. The van der Waals surface area contributed by atoms with Gasteiger partial charge in [-0.05, 0) is 20.3 Å². The highest BCUT2D eigenvalue weighted by Crippen LogP contribution is 2.28. The molecule has 2 rings (SSSR count). The number of hydrogen-bond acceptors (Lipinski definition) is 7. The van der Waals surface area contributed by atoms with E-state index in [0.717, 1.165) is 0 Å². The molecule has 1 saturated heterocycles. The SMILES string of the molecule is CCOC(=O)c1c(C)nc(C2CCS(=O)(=O)C2)nc1N. The Labute approximate surface area is 117 Å². The lowest BCUT2D eigenvalue weighted by molar-refractivity contribution is 0.0525. The molecule has 0 spiro atoms. The highest BCUT2D eigenvalue weighted by molar-refractivity contribution is 7.91. The van der Waals surface area contributed by atoms with Crippen molar-refractivity contribution in [2.24, 2.45) is 0 Å². The van der Waals surface area contributed by atoms with Crippen molar-refractivity contribution in [1.82, 2.24) is 9.97 Å². The van der Waals surface area contributed by atoms with Crippen molar-refractivity contribution in [2.45, 2.75) is 26.2 Å². The summed E-state index contributed by atoms with van der Waals surface area (Å²) in [7, 11) is -3.02. The van der Waals surface area contributed by atoms with Crippen LogP contribution in [0.15, 0.2) is 0 Å². The van der Waals surface area contributed by atoms with Gasteiger partial charge in [0.1, 0.15) is 17.2 Å². The Hall–Kier alpha value is -1.70. The van der Waals surface area contributed by atoms with Gasteiger partial charge in [-0.25, -0.2) is 23.2 Å². The van der Waals surface area contributed by atoms with Gasteiger partial charge in [-0.2, -0.15) is 0 Å². The summed E-state index contributed by atoms with van der Waals surface area (Å²) in [6.45, 7) is 3.57. The molecule has 0 saturated carbocycles. The van der Waals surface area contributed by atoms with Crippen LogP contribution in [0.5, 0.6) is 0 Å². The van der Waals surface area contributed by atoms with E-state index >= 15 is 0 Å². The molecule has 1 aliphatic rings. The van der Waals surface area contributed by atoms with E-state index < -0.39 is 15.8 Å². The van der Waals surface area contributed by atoms with Gasteiger partial charge in [0.05, 0.1) is 23.8 Å². The fourth-order valence-electron chi connectivity index (χ4n) is 2.25. The summed E-state index contributed by atoms with van der Waals surface area (Å²) in [5.74, 6) is -0.223. The predicted molar refractivity (Wildman–Crippen MR) is 73.1 cm³/mol. The Morgan fingerprint density at radius 3 is 2.65 bits per heavy atom. The summed E-state index contributed by atoms with van der Waals surface area (Å²) in [6.07, 6.45) is 0.486. The number of ether oxygens (including phenoxy) is 1. The summed E-state index contributed by atoms with van der Waals surface area (Å²) in [5, 5.41) is 0. The number of nitrogens with zero attached hydrogens (tertiary/aromatic N) is 2. The van der Waals surface area contributed by atoms with Crippen LogP contribution in [-0.4, -0.2) is 42.5 Å². The molecular formula is C12H17N3O4S. The molecule has 1 aromatic heterocycles. The van der Waals surface area contributed by atoms with Crippen LogP contribution in [0.1, 0.15) is 41.1 Å². The molecule has 1 atom stereocenters. The number of hydrogen-bond donors (Lipinski definition) is 1. The molecule has 20 heavy (non-hydrogen) atoms. The first-order valence-corrected chi connectivity index (χ1v) is 8.17. The van der Waals surface area contributed by atoms with Gasteiger partial charge in [0.25, 0.3) is 0 Å². The molecular weight excluding hydrogens is 282 g/mol. The number of nitrogen functional groups attached to an aromatic ring is 1. The van der Waals surface area contributed by atoms with E-state index in [1.54, 1.807) is 13.8 Å². The van der Waals surface area contributed by atoms with E-state index in [4.69, 9.17) is 10.5 Å². The third-order valence-electron chi connectivity index (χ3n) is 3.21. The molecule has 0 aliphatic carbocycles. The summed E-state index contributed by atoms with van der Waals surface area (Å²) >= 11 is 0. The van der Waals surface area contributed by atoms with Crippen molar-refractivity contribution < 1.29 is 17.9 Å². The zero-order chi connectivity index (χ0) is 14.9. The molecule has 1 fully saturated rings. The van der Waals surface area contributed by atoms with Crippen LogP contribution in [-0.2, 0) is 14.6 Å². The maximum atomic E-state index is 11.7. The number of aromatic nitrogens is 2. The lowest BCUT2D eigenvalue weighted by Gasteiger charge is -2.12. The van der Waals surface area contributed by atoms with Crippen LogP contribution in [0.3, 0.4) is 0 Å². The maximum Gasteiger partial charge on any atom is 0.343 e. The van der Waals surface area contributed by atoms with Gasteiger partial charge in [-0.3, -0.25) is 0 Å². The van der Waals surface area contributed by atoms with Gasteiger partial charge in [-0.1, -0.05) is 0 Å². The van der Waals surface area contributed by atoms with Gasteiger partial charge < -0.3 is 10.5 Å². The molecule has 1 unspecified atom stereocenters. The normalized spacial score (nSPS) is 20.8. The van der Waals surface area contributed by atoms with Gasteiger partial charge in [-0.15, -0.1) is 0 Å². The zero-order valence-corrected chi connectivity index (χ0v) is 12.2. The first kappa shape index (κ1) is 14.7. The highest BCUT2D eigenvalue weighted by Gasteiger charge is 2.32. The molecule has 1 aromatic rings. The summed E-state index contributed by atoms with van der Waals surface area (Å²) in [6, 6.07) is 0. The molecule has 0 amide bonds. The number of esters is 1. The topological polar surface area (TPSA) is 112 Å². The minimum Gasteiger partial charge on any atom is -0.462 e. The van der Waals surface area contributed by atoms with E-state index in [1.807, 2.05) is 0 Å². The summed E-state index contributed by atoms with van der Waals surface area (Å²) < 4.78 is 27.9. The van der Waals surface area contributed by atoms with E-state index in [9.17, 15) is 13.2 Å². The number of carbonyl (C=O) groups excluding carboxylic acids is 1. The molecule has 1 aliphatic heterocycles. The Balaban J connectivity index is 2.33. The number of carbonyl (C=O) groups is 1. The van der Waals surface area contributed by atoms with Gasteiger partial charge in [0.15, 0.2) is 9.84 Å². The van der Waals surface area contributed by atoms with Crippen LogP contribution >= 0.6 is 0 Å². The van der Waals surface area contributed by atoms with Crippen LogP contribution < -0.4 is 5.73 Å². The second-order valence-corrected chi connectivity index (χ2v) is 6.98. The van der Waals surface area contributed by atoms with E-state index in [1.165, 1.54) is 0 Å². The Morgan fingerprint density at radius 1 is 1.45 bits per heavy atom. The molecule has 2 N–H and O–H groups in total. The van der Waals surface area contributed by atoms with Crippen LogP contribution in [0, 0.1) is 6.92 Å². The Morgan fingerprint density at radius 2 is 2.15 bits per heavy atom. The van der Waals surface area contributed by atoms with Gasteiger partial charge in [0, 0.05) is 5.92 Å². The summed E-state index contributed by atoms with van der Waals surface area (Å²) in [5.41, 5.74) is 6.35. The van der Waals surface area contributed by atoms with Crippen molar-refractivity contribution >= 4 is 21.6 Å². The lowest BCUT2D eigenvalue weighted by Crippen LogP contribution is -2.16. The van der Waals surface area contributed by atoms with Crippen LogP contribution in [0.4, 0.5) is 5.82 Å². The first-order valence-electron chi connectivity index (χ1n) is 6.35. The minimum atomic E-state index is -3.02. The molecule has 0 aromatic carbocycles. The third kappa shape index (κ3) is 2.90. The molecule has 0 bridgehead atoms. The first-order chi connectivity index (χ1) is 9.34. The van der Waals surface area contributed by atoms with E-state index in [0.29, 0.717) is 17.9 Å². The quantitative estimate of drug-likeness (QED) is 0.806. The second kappa shape index (κ2) is 5.35. The fraction of sp³-hybridized carbons (Fsp3) is 0.583. The molecule has 8 heteroatoms. The van der Waals surface area contributed by atoms with Gasteiger partial charge >= 0.3 is 5.97 Å². The van der Waals surface area contributed by atoms with Crippen molar-refractivity contribution in [1.29, 1.82) is 0 Å². The second-order valence-electron chi connectivity index (χ2n) is 4.75. The van der Waals surface area contributed by atoms with Crippen molar-refractivity contribution in [3.63, 3.8) is 0 Å². The highest BCUT2D eigenvalue weighted by atomic mass is 32.2. The predicted octanol–water partition coefficient (Wildman–Crippen LogP) is 0.446. The smallest absolute Gasteiger partial charge is 0.343 e. The van der Waals surface area contributed by atoms with Crippen LogP contribution in [0.25, 0.3) is 0 Å². The largest absolute Gasteiger partial charge is 0.462 e. The average Bonchev–Trinajstić information content (AvgIpc) is 2.69. The molecule has 2 heterocycles. The van der Waals surface area contributed by atoms with Crippen LogP contribution in [0.2, 0.25) is 0 Å². The number of anilines is 1. The van der Waals surface area contributed by atoms with E-state index in [-0.39, 0.29) is 35.4 Å².